The van der Waals surface area contributed by atoms with Gasteiger partial charge in [-0.1, -0.05) is 17.2 Å². The van der Waals surface area contributed by atoms with Gasteiger partial charge >= 0.3 is 6.01 Å². The number of anilines is 2. The zero-order chi connectivity index (χ0) is 19.9. The summed E-state index contributed by atoms with van der Waals surface area (Å²) < 4.78 is 16.1. The molecule has 1 heterocycles. The van der Waals surface area contributed by atoms with Gasteiger partial charge in [0.15, 0.2) is 0 Å². The summed E-state index contributed by atoms with van der Waals surface area (Å²) in [6, 6.07) is 15.1. The molecule has 0 saturated heterocycles. The fraction of sp³-hybridized carbons (Fsp3) is 0.250. The molecule has 0 bridgehead atoms. The van der Waals surface area contributed by atoms with Crippen LogP contribution in [0.4, 0.5) is 11.7 Å². The number of ether oxygens (including phenoxy) is 2. The van der Waals surface area contributed by atoms with Crippen LogP contribution in [-0.4, -0.2) is 43.9 Å². The maximum atomic E-state index is 12.0. The molecule has 0 fully saturated rings. The number of amides is 1. The Morgan fingerprint density at radius 1 is 1.07 bits per heavy atom. The van der Waals surface area contributed by atoms with Crippen LogP contribution in [0, 0.1) is 0 Å². The van der Waals surface area contributed by atoms with Gasteiger partial charge in [-0.25, -0.2) is 0 Å². The standard InChI is InChI=1S/C20H22N4O4/c1-24(2)20-23-22-19(28-20)15-6-8-16(9-7-15)21-18(25)13-27-12-14-4-10-17(26-3)11-5-14/h4-11H,12-13H2,1-3H3,(H,21,25). The Labute approximate surface area is 163 Å². The fourth-order valence-electron chi connectivity index (χ4n) is 2.39. The lowest BCUT2D eigenvalue weighted by atomic mass is 10.2. The van der Waals surface area contributed by atoms with Crippen molar-refractivity contribution >= 4 is 17.6 Å². The smallest absolute Gasteiger partial charge is 0.317 e. The van der Waals surface area contributed by atoms with Gasteiger partial charge < -0.3 is 24.1 Å². The zero-order valence-electron chi connectivity index (χ0n) is 16.0. The van der Waals surface area contributed by atoms with Crippen molar-refractivity contribution in [3.05, 3.63) is 54.1 Å². The van der Waals surface area contributed by atoms with Crippen LogP contribution in [0.1, 0.15) is 5.56 Å². The number of hydrogen-bond donors (Lipinski definition) is 1. The molecule has 0 aliphatic carbocycles. The monoisotopic (exact) mass is 382 g/mol. The van der Waals surface area contributed by atoms with Crippen LogP contribution in [0.2, 0.25) is 0 Å². The second-order valence-electron chi connectivity index (χ2n) is 6.25. The lowest BCUT2D eigenvalue weighted by molar-refractivity contribution is -0.121. The molecule has 3 aromatic rings. The molecule has 146 valence electrons. The first-order chi connectivity index (χ1) is 13.5. The SMILES string of the molecule is COc1ccc(COCC(=O)Nc2ccc(-c3nnc(N(C)C)o3)cc2)cc1. The summed E-state index contributed by atoms with van der Waals surface area (Å²) in [6.45, 7) is 0.311. The molecule has 2 aromatic carbocycles. The van der Waals surface area contributed by atoms with E-state index in [9.17, 15) is 4.79 Å². The van der Waals surface area contributed by atoms with Gasteiger partial charge in [0.25, 0.3) is 0 Å². The Bertz CT molecular complexity index is 905. The normalized spacial score (nSPS) is 10.5. The van der Waals surface area contributed by atoms with Gasteiger partial charge in [-0.15, -0.1) is 5.10 Å². The van der Waals surface area contributed by atoms with Gasteiger partial charge in [0.05, 0.1) is 13.7 Å². The van der Waals surface area contributed by atoms with Gasteiger partial charge in [-0.2, -0.15) is 0 Å². The number of carbonyl (C=O) groups excluding carboxylic acids is 1. The van der Waals surface area contributed by atoms with E-state index < -0.39 is 0 Å². The lowest BCUT2D eigenvalue weighted by Gasteiger charge is -2.07. The molecule has 8 heteroatoms. The predicted molar refractivity (Wildman–Crippen MR) is 105 cm³/mol. The highest BCUT2D eigenvalue weighted by Gasteiger charge is 2.10. The quantitative estimate of drug-likeness (QED) is 0.640. The number of nitrogens with zero attached hydrogens (tertiary/aromatic N) is 3. The van der Waals surface area contributed by atoms with E-state index in [0.29, 0.717) is 24.2 Å². The minimum Gasteiger partial charge on any atom is -0.497 e. The highest BCUT2D eigenvalue weighted by molar-refractivity contribution is 5.91. The summed E-state index contributed by atoms with van der Waals surface area (Å²) >= 11 is 0. The highest BCUT2D eigenvalue weighted by atomic mass is 16.5. The molecular weight excluding hydrogens is 360 g/mol. The van der Waals surface area contributed by atoms with Gasteiger partial charge in [0.2, 0.25) is 11.8 Å². The van der Waals surface area contributed by atoms with E-state index in [4.69, 9.17) is 13.9 Å². The van der Waals surface area contributed by atoms with E-state index in [-0.39, 0.29) is 12.5 Å². The number of nitrogens with one attached hydrogen (secondary N) is 1. The molecule has 0 unspecified atom stereocenters. The Hall–Kier alpha value is -3.39. The van der Waals surface area contributed by atoms with Crippen LogP contribution in [-0.2, 0) is 16.1 Å². The van der Waals surface area contributed by atoms with Crippen LogP contribution in [0.15, 0.2) is 52.9 Å². The predicted octanol–water partition coefficient (Wildman–Crippen LogP) is 2.97. The average molecular weight is 382 g/mol. The van der Waals surface area contributed by atoms with Crippen molar-refractivity contribution in [1.29, 1.82) is 0 Å². The molecule has 0 radical (unpaired) electrons. The van der Waals surface area contributed by atoms with E-state index >= 15 is 0 Å². The van der Waals surface area contributed by atoms with Gasteiger partial charge in [-0.3, -0.25) is 4.79 Å². The number of aromatic nitrogens is 2. The first-order valence-corrected chi connectivity index (χ1v) is 8.67. The molecule has 3 rings (SSSR count). The minimum absolute atomic E-state index is 0.0381. The first kappa shape index (κ1) is 19.4. The molecular formula is C20H22N4O4. The Balaban J connectivity index is 1.48. The van der Waals surface area contributed by atoms with Crippen molar-refractivity contribution in [3.8, 4) is 17.2 Å². The Morgan fingerprint density at radius 3 is 2.39 bits per heavy atom. The summed E-state index contributed by atoms with van der Waals surface area (Å²) in [5, 5.41) is 10.7. The molecule has 0 saturated carbocycles. The molecule has 0 atom stereocenters. The maximum absolute atomic E-state index is 12.0. The molecule has 0 spiro atoms. The summed E-state index contributed by atoms with van der Waals surface area (Å²) in [7, 11) is 5.27. The van der Waals surface area contributed by atoms with Crippen molar-refractivity contribution in [2.24, 2.45) is 0 Å². The van der Waals surface area contributed by atoms with Crippen molar-refractivity contribution in [1.82, 2.24) is 10.2 Å². The molecule has 0 aliphatic rings. The van der Waals surface area contributed by atoms with Crippen LogP contribution in [0.3, 0.4) is 0 Å². The van der Waals surface area contributed by atoms with E-state index in [2.05, 4.69) is 15.5 Å². The van der Waals surface area contributed by atoms with Gasteiger partial charge in [0.1, 0.15) is 12.4 Å². The van der Waals surface area contributed by atoms with Crippen LogP contribution >= 0.6 is 0 Å². The van der Waals surface area contributed by atoms with Crippen LogP contribution < -0.4 is 15.0 Å². The average Bonchev–Trinajstić information content (AvgIpc) is 3.20. The van der Waals surface area contributed by atoms with Crippen molar-refractivity contribution in [2.45, 2.75) is 6.61 Å². The van der Waals surface area contributed by atoms with Crippen molar-refractivity contribution in [2.75, 3.05) is 38.0 Å². The molecule has 1 N–H and O–H groups in total. The van der Waals surface area contributed by atoms with E-state index in [1.54, 1.807) is 36.3 Å². The van der Waals surface area contributed by atoms with Crippen LogP contribution in [0.25, 0.3) is 11.5 Å². The number of rotatable bonds is 8. The topological polar surface area (TPSA) is 89.7 Å². The highest BCUT2D eigenvalue weighted by Crippen LogP contribution is 2.22. The summed E-state index contributed by atoms with van der Waals surface area (Å²) in [6.07, 6.45) is 0. The van der Waals surface area contributed by atoms with E-state index in [0.717, 1.165) is 16.9 Å². The zero-order valence-corrected chi connectivity index (χ0v) is 16.0. The third-order valence-corrected chi connectivity index (χ3v) is 3.87. The third kappa shape index (κ3) is 5.08. The summed E-state index contributed by atoms with van der Waals surface area (Å²) in [4.78, 5) is 13.8. The van der Waals surface area contributed by atoms with E-state index in [1.807, 2.05) is 38.4 Å². The molecule has 1 amide bonds. The summed E-state index contributed by atoms with van der Waals surface area (Å²) in [5.41, 5.74) is 2.40. The number of hydrogen-bond acceptors (Lipinski definition) is 7. The largest absolute Gasteiger partial charge is 0.497 e. The molecule has 28 heavy (non-hydrogen) atoms. The summed E-state index contributed by atoms with van der Waals surface area (Å²) in [5.74, 6) is 0.974. The lowest BCUT2D eigenvalue weighted by Crippen LogP contribution is -2.18. The maximum Gasteiger partial charge on any atom is 0.317 e. The van der Waals surface area contributed by atoms with Gasteiger partial charge in [-0.05, 0) is 42.0 Å². The fourth-order valence-corrected chi connectivity index (χ4v) is 2.39. The third-order valence-electron chi connectivity index (χ3n) is 3.87. The van der Waals surface area contributed by atoms with E-state index in [1.165, 1.54) is 0 Å². The van der Waals surface area contributed by atoms with Gasteiger partial charge in [0, 0.05) is 25.3 Å². The van der Waals surface area contributed by atoms with Crippen LogP contribution in [0.5, 0.6) is 5.75 Å². The second-order valence-corrected chi connectivity index (χ2v) is 6.25. The second kappa shape index (κ2) is 9.01. The Kier molecular flexibility index (Phi) is 6.23. The first-order valence-electron chi connectivity index (χ1n) is 8.67. The Morgan fingerprint density at radius 2 is 1.79 bits per heavy atom. The minimum atomic E-state index is -0.228. The van der Waals surface area contributed by atoms with Crippen molar-refractivity contribution < 1.29 is 18.7 Å². The molecule has 0 aliphatic heterocycles. The number of methoxy groups -OCH3 is 1. The number of carbonyl (C=O) groups is 1. The molecule has 1 aromatic heterocycles. The molecule has 8 nitrogen and oxygen atoms in total. The number of benzene rings is 2. The van der Waals surface area contributed by atoms with Crippen molar-refractivity contribution in [3.63, 3.8) is 0 Å².